The van der Waals surface area contributed by atoms with Crippen LogP contribution >= 0.6 is 0 Å². The largest absolute Gasteiger partial charge is 4.00 e. The molecule has 0 saturated carbocycles. The van der Waals surface area contributed by atoms with Crippen molar-refractivity contribution in [2.24, 2.45) is 11.8 Å². The summed E-state index contributed by atoms with van der Waals surface area (Å²) in [5, 5.41) is 14.8. The number of hydrogen-bond donors (Lipinski definition) is 4. The fourth-order valence-corrected chi connectivity index (χ4v) is 0. The molecule has 0 saturated heterocycles. The number of hydrogen-bond acceptors (Lipinski definition) is 8. The van der Waals surface area contributed by atoms with Gasteiger partial charge >= 0.3 is 38.5 Å². The van der Waals surface area contributed by atoms with Crippen molar-refractivity contribution in [3.05, 3.63) is 0 Å². The van der Waals surface area contributed by atoms with E-state index in [0.29, 0.717) is 0 Å². The molecule has 0 aromatic rings. The van der Waals surface area contributed by atoms with Gasteiger partial charge in [0.2, 0.25) is 0 Å². The van der Waals surface area contributed by atoms with Gasteiger partial charge in [-0.1, -0.05) is 0 Å². The Hall–Kier alpha value is -0.737. The van der Waals surface area contributed by atoms with E-state index in [9.17, 15) is 0 Å². The van der Waals surface area contributed by atoms with Gasteiger partial charge in [0.05, 0.1) is 0 Å². The van der Waals surface area contributed by atoms with E-state index in [1.165, 1.54) is 0 Å². The van der Waals surface area contributed by atoms with Crippen LogP contribution in [-0.4, -0.2) is 33.5 Å². The van der Waals surface area contributed by atoms with Gasteiger partial charge in [0.25, 0.3) is 0 Å². The maximum atomic E-state index is 9.02. The standard InChI is InChI=1S/2CH3NO3.2H2O.Zr/c2*2-5-1(3)4;;;/h2*2H2,(H,3,4);2*1H2;/q;;;;+4/p-2. The number of rotatable bonds is 0. The minimum Gasteiger partial charge on any atom is -0.870 e. The Morgan fingerprint density at radius 2 is 1.00 bits per heavy atom. The first-order valence-electron chi connectivity index (χ1n) is 1.74. The van der Waals surface area contributed by atoms with Crippen molar-refractivity contribution < 1.29 is 66.6 Å². The van der Waals surface area contributed by atoms with Gasteiger partial charge in [-0.15, -0.1) is 0 Å². The first kappa shape index (κ1) is 29.5. The molecule has 0 aliphatic carbocycles. The maximum absolute atomic E-state index is 9.02. The van der Waals surface area contributed by atoms with E-state index in [0.717, 1.165) is 0 Å². The molecule has 0 rings (SSSR count). The van der Waals surface area contributed by atoms with Crippen molar-refractivity contribution in [3.8, 4) is 0 Å². The van der Waals surface area contributed by atoms with Crippen LogP contribution in [0.4, 0.5) is 9.59 Å². The Morgan fingerprint density at radius 1 is 0.923 bits per heavy atom. The Labute approximate surface area is 91.0 Å². The van der Waals surface area contributed by atoms with Gasteiger partial charge in [0.15, 0.2) is 0 Å². The van der Waals surface area contributed by atoms with E-state index >= 15 is 0 Å². The normalized spacial score (nSPS) is 5.08. The molecule has 0 radical (unpaired) electrons. The Balaban J connectivity index is -0.0000000267. The zero-order valence-electron chi connectivity index (χ0n) is 6.08. The van der Waals surface area contributed by atoms with E-state index in [4.69, 9.17) is 19.8 Å². The molecule has 0 amide bonds. The summed E-state index contributed by atoms with van der Waals surface area (Å²) < 4.78 is 0. The molecular formula is C2H8N2O8Zr+2. The average Bonchev–Trinajstić information content (AvgIpc) is 1.89. The molecule has 0 aliphatic rings. The van der Waals surface area contributed by atoms with Crippen LogP contribution in [0.1, 0.15) is 0 Å². The molecule has 0 atom stereocenters. The average molecular weight is 279 g/mol. The Morgan fingerprint density at radius 3 is 1.00 bits per heavy atom. The van der Waals surface area contributed by atoms with E-state index < -0.39 is 12.3 Å². The summed E-state index contributed by atoms with van der Waals surface area (Å²) in [5.74, 6) is 8.14. The molecule has 0 aromatic carbocycles. The maximum Gasteiger partial charge on any atom is 4.00 e. The molecule has 0 heterocycles. The Kier molecular flexibility index (Phi) is 51.0. The number of nitrogens with two attached hydrogens (primary N) is 2. The van der Waals surface area contributed by atoms with Crippen molar-refractivity contribution in [2.45, 2.75) is 0 Å². The van der Waals surface area contributed by atoms with Crippen LogP contribution in [0.5, 0.6) is 0 Å². The monoisotopic (exact) mass is 278 g/mol. The molecular weight excluding hydrogens is 271 g/mol. The minimum atomic E-state index is -1.47. The summed E-state index contributed by atoms with van der Waals surface area (Å²) in [6.45, 7) is 0. The number of carbonyl (C=O) groups is 2. The van der Waals surface area contributed by atoms with Crippen LogP contribution in [-0.2, 0) is 35.9 Å². The minimum absolute atomic E-state index is 0. The number of carboxylic acid groups (broad SMARTS) is 2. The van der Waals surface area contributed by atoms with Gasteiger partial charge in [-0.25, -0.2) is 9.59 Å². The van der Waals surface area contributed by atoms with E-state index in [-0.39, 0.29) is 37.2 Å². The summed E-state index contributed by atoms with van der Waals surface area (Å²) >= 11 is 0. The fourth-order valence-electron chi connectivity index (χ4n) is 0. The second-order valence-corrected chi connectivity index (χ2v) is 0.768. The molecule has 0 fully saturated rings. The van der Waals surface area contributed by atoms with Crippen LogP contribution in [0.25, 0.3) is 0 Å². The van der Waals surface area contributed by atoms with Gasteiger partial charge in [-0.3, -0.25) is 0 Å². The second-order valence-electron chi connectivity index (χ2n) is 0.768. The van der Waals surface area contributed by atoms with Crippen LogP contribution in [0.2, 0.25) is 0 Å². The van der Waals surface area contributed by atoms with Crippen molar-refractivity contribution in [1.29, 1.82) is 0 Å². The predicted octanol–water partition coefficient (Wildman–Crippen LogP) is -1.25. The van der Waals surface area contributed by atoms with Crippen LogP contribution in [0.3, 0.4) is 0 Å². The fraction of sp³-hybridized carbons (Fsp3) is 0. The van der Waals surface area contributed by atoms with E-state index in [1.807, 2.05) is 0 Å². The molecule has 0 aliphatic heterocycles. The van der Waals surface area contributed by atoms with E-state index in [1.54, 1.807) is 0 Å². The topological polar surface area (TPSA) is 205 Å². The van der Waals surface area contributed by atoms with Crippen molar-refractivity contribution in [3.63, 3.8) is 0 Å². The van der Waals surface area contributed by atoms with Crippen molar-refractivity contribution in [1.82, 2.24) is 0 Å². The third kappa shape index (κ3) is 90.8. The van der Waals surface area contributed by atoms with Gasteiger partial charge in [-0.05, 0) is 0 Å². The second kappa shape index (κ2) is 22.5. The summed E-state index contributed by atoms with van der Waals surface area (Å²) in [6.07, 6.45) is -2.94. The molecule has 0 unspecified atom stereocenters. The molecule has 10 nitrogen and oxygen atoms in total. The molecule has 8 N–H and O–H groups in total. The summed E-state index contributed by atoms with van der Waals surface area (Å²) in [7, 11) is 0. The zero-order valence-corrected chi connectivity index (χ0v) is 8.53. The smallest absolute Gasteiger partial charge is 0.870 e. The van der Waals surface area contributed by atoms with Crippen molar-refractivity contribution >= 4 is 12.3 Å². The van der Waals surface area contributed by atoms with Crippen LogP contribution in [0.15, 0.2) is 0 Å². The third-order valence-corrected chi connectivity index (χ3v) is 0.202. The molecule has 0 spiro atoms. The molecule has 76 valence electrons. The Bertz CT molecular complexity index is 105. The van der Waals surface area contributed by atoms with Gasteiger partial charge in [0, 0.05) is 0 Å². The summed E-state index contributed by atoms with van der Waals surface area (Å²) in [5.41, 5.74) is 0. The summed E-state index contributed by atoms with van der Waals surface area (Å²) in [4.78, 5) is 24.4. The molecule has 0 bridgehead atoms. The first-order valence-corrected chi connectivity index (χ1v) is 1.74. The first-order chi connectivity index (χ1) is 4.54. The zero-order chi connectivity index (χ0) is 8.57. The SMILES string of the molecule is NOC(=O)O.NOC(=O)O.[OH-].[OH-].[Zr+4]. The summed E-state index contributed by atoms with van der Waals surface area (Å²) in [6, 6.07) is 0. The van der Waals surface area contributed by atoms with Gasteiger partial charge in [-0.2, -0.15) is 11.8 Å². The molecule has 11 heteroatoms. The van der Waals surface area contributed by atoms with Crippen molar-refractivity contribution in [2.75, 3.05) is 0 Å². The van der Waals surface area contributed by atoms with Crippen LogP contribution in [0, 0.1) is 0 Å². The van der Waals surface area contributed by atoms with Crippen LogP contribution < -0.4 is 11.8 Å². The van der Waals surface area contributed by atoms with E-state index in [2.05, 4.69) is 21.5 Å². The quantitative estimate of drug-likeness (QED) is 0.387. The third-order valence-electron chi connectivity index (χ3n) is 0.202. The molecule has 0 aromatic heterocycles. The van der Waals surface area contributed by atoms with Gasteiger partial charge in [0.1, 0.15) is 0 Å². The molecule has 13 heavy (non-hydrogen) atoms. The van der Waals surface area contributed by atoms with Gasteiger partial charge < -0.3 is 30.8 Å². The predicted molar refractivity (Wildman–Crippen MR) is 30.5 cm³/mol.